The van der Waals surface area contributed by atoms with Crippen LogP contribution in [-0.2, 0) is 12.0 Å². The molecule has 45 heavy (non-hydrogen) atoms. The predicted octanol–water partition coefficient (Wildman–Crippen LogP) is 4.90. The fraction of sp³-hybridized carbons (Fsp3) is 0.303. The van der Waals surface area contributed by atoms with Gasteiger partial charge in [0.1, 0.15) is 30.0 Å². The molecule has 228 valence electrons. The van der Waals surface area contributed by atoms with Gasteiger partial charge < -0.3 is 15.2 Å². The summed E-state index contributed by atoms with van der Waals surface area (Å²) in [6, 6.07) is 10.3. The first-order valence-corrected chi connectivity index (χ1v) is 15.0. The highest BCUT2D eigenvalue weighted by molar-refractivity contribution is 5.90. The Bertz CT molecular complexity index is 1940. The third kappa shape index (κ3) is 4.99. The lowest BCUT2D eigenvalue weighted by Crippen LogP contribution is -2.43. The number of pyridine rings is 2. The summed E-state index contributed by atoms with van der Waals surface area (Å²) in [5, 5.41) is 20.0. The second-order valence-electron chi connectivity index (χ2n) is 12.1. The lowest BCUT2D eigenvalue weighted by molar-refractivity contribution is 0.0836. The normalized spacial score (nSPS) is 24.1. The SMILES string of the molecule is OC1(c2cc3nc(OC[C@@]45CCCN4C[C@H](F)C5)nc(Nc4cnn(-c5ccncc5)c4)c3cn2)C=Cc2cccc(F)c2C1. The Balaban J connectivity index is 1.16. The molecule has 12 heteroatoms. The van der Waals surface area contributed by atoms with Gasteiger partial charge in [0, 0.05) is 38.0 Å². The third-order valence-electron chi connectivity index (χ3n) is 9.15. The average molecular weight is 609 g/mol. The van der Waals surface area contributed by atoms with Gasteiger partial charge >= 0.3 is 6.01 Å². The molecule has 1 aromatic carbocycles. The molecule has 3 aliphatic rings. The van der Waals surface area contributed by atoms with Crippen LogP contribution in [0.5, 0.6) is 6.01 Å². The summed E-state index contributed by atoms with van der Waals surface area (Å²) >= 11 is 0. The minimum absolute atomic E-state index is 0.0283. The molecule has 8 rings (SSSR count). The van der Waals surface area contributed by atoms with Gasteiger partial charge in [-0.3, -0.25) is 14.9 Å². The van der Waals surface area contributed by atoms with E-state index < -0.39 is 11.8 Å². The van der Waals surface area contributed by atoms with Gasteiger partial charge in [-0.25, -0.2) is 13.5 Å². The van der Waals surface area contributed by atoms with Crippen molar-refractivity contribution in [1.29, 1.82) is 0 Å². The second-order valence-corrected chi connectivity index (χ2v) is 12.1. The quantitative estimate of drug-likeness (QED) is 0.266. The number of nitrogens with zero attached hydrogens (tertiary/aromatic N) is 7. The molecule has 0 bridgehead atoms. The van der Waals surface area contributed by atoms with Crippen molar-refractivity contribution in [1.82, 2.24) is 34.6 Å². The van der Waals surface area contributed by atoms with E-state index in [2.05, 4.69) is 25.3 Å². The highest BCUT2D eigenvalue weighted by atomic mass is 19.1. The molecule has 1 aliphatic carbocycles. The second kappa shape index (κ2) is 10.7. The molecule has 0 radical (unpaired) electrons. The van der Waals surface area contributed by atoms with Gasteiger partial charge in [0.05, 0.1) is 45.9 Å². The summed E-state index contributed by atoms with van der Waals surface area (Å²) in [5.74, 6) is 0.0529. The van der Waals surface area contributed by atoms with Gasteiger partial charge in [-0.05, 0) is 60.9 Å². The van der Waals surface area contributed by atoms with Crippen molar-refractivity contribution in [2.24, 2.45) is 0 Å². The smallest absolute Gasteiger partial charge is 0.319 e. The first-order valence-electron chi connectivity index (χ1n) is 15.0. The van der Waals surface area contributed by atoms with E-state index in [1.807, 2.05) is 24.4 Å². The average Bonchev–Trinajstić information content (AvgIpc) is 3.75. The van der Waals surface area contributed by atoms with Crippen molar-refractivity contribution in [3.05, 3.63) is 96.1 Å². The van der Waals surface area contributed by atoms with Crippen molar-refractivity contribution in [3.8, 4) is 11.7 Å². The summed E-state index contributed by atoms with van der Waals surface area (Å²) < 4.78 is 37.1. The van der Waals surface area contributed by atoms with E-state index in [0.717, 1.165) is 30.6 Å². The van der Waals surface area contributed by atoms with Crippen molar-refractivity contribution >= 4 is 28.5 Å². The number of halogens is 2. The third-order valence-corrected chi connectivity index (χ3v) is 9.15. The Labute approximate surface area is 257 Å². The Hall–Kier alpha value is -4.81. The van der Waals surface area contributed by atoms with Crippen LogP contribution in [0.4, 0.5) is 20.3 Å². The highest BCUT2D eigenvalue weighted by Crippen LogP contribution is 2.41. The van der Waals surface area contributed by atoms with E-state index in [0.29, 0.717) is 46.6 Å². The molecule has 0 amide bonds. The standard InChI is InChI=1S/C33H30F2N8O2/c34-22-14-32(8-2-12-42(32)18-22)20-45-31-40-28-13-29(33(44)9-5-21-3-1-4-27(35)25(21)15-33)37-17-26(28)30(41-31)39-23-16-38-43(19-23)24-6-10-36-11-7-24/h1,3-7,9-11,13,16-17,19,22,44H,2,8,12,14-15,18,20H2,(H,39,40,41)/t22-,32+,33?/m1/s1. The molecular weight excluding hydrogens is 578 g/mol. The van der Waals surface area contributed by atoms with Crippen LogP contribution in [-0.4, -0.2) is 71.1 Å². The Morgan fingerprint density at radius 1 is 1.13 bits per heavy atom. The van der Waals surface area contributed by atoms with Gasteiger partial charge in [-0.1, -0.05) is 18.2 Å². The topological polar surface area (TPSA) is 114 Å². The molecule has 2 aliphatic heterocycles. The molecule has 0 saturated carbocycles. The number of ether oxygens (including phenoxy) is 1. The molecule has 2 fully saturated rings. The zero-order chi connectivity index (χ0) is 30.6. The van der Waals surface area contributed by atoms with E-state index >= 15 is 0 Å². The first kappa shape index (κ1) is 27.7. The van der Waals surface area contributed by atoms with Crippen LogP contribution in [0.3, 0.4) is 0 Å². The fourth-order valence-corrected chi connectivity index (χ4v) is 6.86. The maximum atomic E-state index is 14.7. The van der Waals surface area contributed by atoms with Gasteiger partial charge in [-0.15, -0.1) is 0 Å². The summed E-state index contributed by atoms with van der Waals surface area (Å²) in [4.78, 5) is 20.2. The number of rotatable bonds is 7. The lowest BCUT2D eigenvalue weighted by Gasteiger charge is -2.31. The van der Waals surface area contributed by atoms with E-state index in [4.69, 9.17) is 14.7 Å². The van der Waals surface area contributed by atoms with Crippen LogP contribution in [0.1, 0.15) is 36.1 Å². The number of nitrogens with one attached hydrogen (secondary N) is 1. The van der Waals surface area contributed by atoms with E-state index in [9.17, 15) is 13.9 Å². The number of hydrogen-bond acceptors (Lipinski definition) is 9. The number of anilines is 2. The minimum atomic E-state index is -1.54. The van der Waals surface area contributed by atoms with E-state index in [1.165, 1.54) is 6.07 Å². The van der Waals surface area contributed by atoms with Crippen LogP contribution < -0.4 is 10.1 Å². The van der Waals surface area contributed by atoms with E-state index in [-0.39, 0.29) is 30.4 Å². The number of benzene rings is 1. The van der Waals surface area contributed by atoms with Crippen molar-refractivity contribution in [2.45, 2.75) is 43.0 Å². The number of fused-ring (bicyclic) bond motifs is 3. The monoisotopic (exact) mass is 608 g/mol. The molecule has 2 N–H and O–H groups in total. The Kier molecular flexibility index (Phi) is 6.57. The van der Waals surface area contributed by atoms with Crippen LogP contribution in [0.15, 0.2) is 73.5 Å². The van der Waals surface area contributed by atoms with Gasteiger partial charge in [-0.2, -0.15) is 15.1 Å². The lowest BCUT2D eigenvalue weighted by atomic mass is 9.83. The first-order chi connectivity index (χ1) is 21.9. The largest absolute Gasteiger partial charge is 0.461 e. The molecular formula is C33H30F2N8O2. The summed E-state index contributed by atoms with van der Waals surface area (Å²) in [6.45, 7) is 1.53. The van der Waals surface area contributed by atoms with Gasteiger partial charge in [0.25, 0.3) is 0 Å². The van der Waals surface area contributed by atoms with Crippen molar-refractivity contribution in [2.75, 3.05) is 25.0 Å². The minimum Gasteiger partial charge on any atom is -0.461 e. The predicted molar refractivity (Wildman–Crippen MR) is 164 cm³/mol. The number of aliphatic hydroxyl groups is 1. The summed E-state index contributed by atoms with van der Waals surface area (Å²) in [7, 11) is 0. The van der Waals surface area contributed by atoms with Crippen molar-refractivity contribution < 1.29 is 18.6 Å². The number of aromatic nitrogens is 6. The van der Waals surface area contributed by atoms with Crippen LogP contribution in [0.2, 0.25) is 0 Å². The van der Waals surface area contributed by atoms with Gasteiger partial charge in [0.2, 0.25) is 0 Å². The molecule has 1 unspecified atom stereocenters. The zero-order valence-corrected chi connectivity index (χ0v) is 24.3. The van der Waals surface area contributed by atoms with Crippen LogP contribution in [0.25, 0.3) is 22.7 Å². The molecule has 2 saturated heterocycles. The molecule has 6 heterocycles. The molecule has 3 atom stereocenters. The maximum absolute atomic E-state index is 14.7. The summed E-state index contributed by atoms with van der Waals surface area (Å²) in [5.41, 5.74) is 1.53. The van der Waals surface area contributed by atoms with Gasteiger partial charge in [0.15, 0.2) is 0 Å². The number of hydrogen-bond donors (Lipinski definition) is 2. The van der Waals surface area contributed by atoms with Crippen LogP contribution in [0, 0.1) is 5.82 Å². The molecule has 5 aromatic rings. The Morgan fingerprint density at radius 2 is 2.02 bits per heavy atom. The zero-order valence-electron chi connectivity index (χ0n) is 24.3. The molecule has 4 aromatic heterocycles. The number of alkyl halides is 1. The van der Waals surface area contributed by atoms with Crippen LogP contribution >= 0.6 is 0 Å². The summed E-state index contributed by atoms with van der Waals surface area (Å²) in [6.07, 6.45) is 13.2. The maximum Gasteiger partial charge on any atom is 0.319 e. The Morgan fingerprint density at radius 3 is 2.91 bits per heavy atom. The highest BCUT2D eigenvalue weighted by Gasteiger charge is 2.49. The van der Waals surface area contributed by atoms with Crippen molar-refractivity contribution in [3.63, 3.8) is 0 Å². The molecule has 10 nitrogen and oxygen atoms in total. The van der Waals surface area contributed by atoms with E-state index in [1.54, 1.807) is 53.8 Å². The molecule has 0 spiro atoms. The fourth-order valence-electron chi connectivity index (χ4n) is 6.86.